The number of ether oxygens (including phenoxy) is 1. The SMILES string of the molecule is CC1OCCS1(=O)=O. The van der Waals surface area contributed by atoms with Crippen molar-refractivity contribution in [2.24, 2.45) is 0 Å². The van der Waals surface area contributed by atoms with Crippen molar-refractivity contribution in [2.45, 2.75) is 12.4 Å². The van der Waals surface area contributed by atoms with Crippen LogP contribution in [0.2, 0.25) is 0 Å². The van der Waals surface area contributed by atoms with E-state index in [1.807, 2.05) is 0 Å². The molecule has 0 aromatic carbocycles. The van der Waals surface area contributed by atoms with Gasteiger partial charge >= 0.3 is 0 Å². The van der Waals surface area contributed by atoms with Crippen molar-refractivity contribution in [3.8, 4) is 0 Å². The Kier molecular flexibility index (Phi) is 1.28. The van der Waals surface area contributed by atoms with Gasteiger partial charge in [-0.05, 0) is 6.92 Å². The zero-order valence-corrected chi connectivity index (χ0v) is 5.44. The summed E-state index contributed by atoms with van der Waals surface area (Å²) in [5.74, 6) is 0.189. The minimum atomic E-state index is -2.85. The lowest BCUT2D eigenvalue weighted by atomic mass is 10.8. The Morgan fingerprint density at radius 3 is 2.38 bits per heavy atom. The van der Waals surface area contributed by atoms with Crippen LogP contribution in [-0.4, -0.2) is 26.2 Å². The Bertz CT molecular complexity index is 170. The van der Waals surface area contributed by atoms with E-state index in [0.29, 0.717) is 6.61 Å². The van der Waals surface area contributed by atoms with Crippen LogP contribution in [0.5, 0.6) is 0 Å². The van der Waals surface area contributed by atoms with Crippen molar-refractivity contribution in [1.82, 2.24) is 0 Å². The Morgan fingerprint density at radius 2 is 2.25 bits per heavy atom. The normalized spacial score (nSPS) is 35.4. The molecule has 0 radical (unpaired) electrons. The third-order valence-electron chi connectivity index (χ3n) is 1.23. The molecule has 1 fully saturated rings. The molecule has 3 nitrogen and oxygen atoms in total. The number of sulfone groups is 1. The molecule has 0 aliphatic carbocycles. The molecule has 0 spiro atoms. The monoisotopic (exact) mass is 136 g/mol. The highest BCUT2D eigenvalue weighted by Crippen LogP contribution is 2.10. The molecule has 0 aromatic heterocycles. The van der Waals surface area contributed by atoms with Crippen LogP contribution in [-0.2, 0) is 14.6 Å². The van der Waals surface area contributed by atoms with E-state index in [9.17, 15) is 8.42 Å². The van der Waals surface area contributed by atoms with Crippen LogP contribution in [0.1, 0.15) is 6.92 Å². The van der Waals surface area contributed by atoms with Gasteiger partial charge < -0.3 is 4.74 Å². The fraction of sp³-hybridized carbons (Fsp3) is 1.00. The Hall–Kier alpha value is -0.0900. The van der Waals surface area contributed by atoms with E-state index in [2.05, 4.69) is 0 Å². The zero-order valence-electron chi connectivity index (χ0n) is 4.62. The van der Waals surface area contributed by atoms with Gasteiger partial charge in [0.1, 0.15) is 0 Å². The van der Waals surface area contributed by atoms with Crippen LogP contribution >= 0.6 is 0 Å². The minimum Gasteiger partial charge on any atom is -0.362 e. The molecule has 0 amide bonds. The fourth-order valence-electron chi connectivity index (χ4n) is 0.600. The predicted octanol–water partition coefficient (Wildman–Crippen LogP) is -0.223. The van der Waals surface area contributed by atoms with Gasteiger partial charge in [0.05, 0.1) is 12.4 Å². The van der Waals surface area contributed by atoms with Gasteiger partial charge in [-0.2, -0.15) is 0 Å². The van der Waals surface area contributed by atoms with E-state index < -0.39 is 15.3 Å². The first-order valence-corrected chi connectivity index (χ1v) is 4.17. The van der Waals surface area contributed by atoms with Crippen molar-refractivity contribution in [3.05, 3.63) is 0 Å². The Labute approximate surface area is 48.6 Å². The van der Waals surface area contributed by atoms with E-state index in [1.165, 1.54) is 0 Å². The summed E-state index contributed by atoms with van der Waals surface area (Å²) in [4.78, 5) is 0. The maximum absolute atomic E-state index is 10.6. The second kappa shape index (κ2) is 1.70. The molecule has 1 rings (SSSR count). The standard InChI is InChI=1S/C4H8O3S/c1-4-7-2-3-8(4,5)6/h4H,2-3H2,1H3. The molecule has 0 aromatic rings. The van der Waals surface area contributed by atoms with Crippen molar-refractivity contribution < 1.29 is 13.2 Å². The summed E-state index contributed by atoms with van der Waals surface area (Å²) in [6.07, 6.45) is 0. The first kappa shape index (κ1) is 6.04. The van der Waals surface area contributed by atoms with Crippen LogP contribution in [0.25, 0.3) is 0 Å². The Morgan fingerprint density at radius 1 is 1.62 bits per heavy atom. The quantitative estimate of drug-likeness (QED) is 0.462. The minimum absolute atomic E-state index is 0.189. The van der Waals surface area contributed by atoms with Gasteiger partial charge in [-0.1, -0.05) is 0 Å². The Balaban J connectivity index is 2.85. The van der Waals surface area contributed by atoms with Gasteiger partial charge in [0.2, 0.25) is 0 Å². The van der Waals surface area contributed by atoms with Crippen molar-refractivity contribution in [1.29, 1.82) is 0 Å². The molecular weight excluding hydrogens is 128 g/mol. The molecule has 1 heterocycles. The molecule has 1 aliphatic heterocycles. The summed E-state index contributed by atoms with van der Waals surface area (Å²) < 4.78 is 26.1. The summed E-state index contributed by atoms with van der Waals surface area (Å²) in [7, 11) is -2.85. The van der Waals surface area contributed by atoms with Gasteiger partial charge in [0.15, 0.2) is 15.3 Å². The van der Waals surface area contributed by atoms with Gasteiger partial charge in [-0.3, -0.25) is 0 Å². The highest BCUT2D eigenvalue weighted by Gasteiger charge is 2.27. The average molecular weight is 136 g/mol. The number of rotatable bonds is 0. The lowest BCUT2D eigenvalue weighted by molar-refractivity contribution is 0.152. The molecule has 0 saturated carbocycles. The summed E-state index contributed by atoms with van der Waals surface area (Å²) in [6.45, 7) is 1.92. The summed E-state index contributed by atoms with van der Waals surface area (Å²) in [6, 6.07) is 0. The van der Waals surface area contributed by atoms with Gasteiger partial charge in [-0.15, -0.1) is 0 Å². The highest BCUT2D eigenvalue weighted by atomic mass is 32.2. The molecule has 1 atom stereocenters. The molecular formula is C4H8O3S. The van der Waals surface area contributed by atoms with Gasteiger partial charge in [0.25, 0.3) is 0 Å². The van der Waals surface area contributed by atoms with Crippen molar-refractivity contribution in [3.63, 3.8) is 0 Å². The second-order valence-electron chi connectivity index (χ2n) is 1.81. The summed E-state index contributed by atoms with van der Waals surface area (Å²) in [5.41, 5.74) is -0.567. The third kappa shape index (κ3) is 0.855. The topological polar surface area (TPSA) is 43.4 Å². The number of hydrogen-bond donors (Lipinski definition) is 0. The lowest BCUT2D eigenvalue weighted by Crippen LogP contribution is -2.11. The fourth-order valence-corrected chi connectivity index (χ4v) is 1.56. The lowest BCUT2D eigenvalue weighted by Gasteiger charge is -1.96. The maximum Gasteiger partial charge on any atom is 0.179 e. The highest BCUT2D eigenvalue weighted by molar-refractivity contribution is 7.92. The van der Waals surface area contributed by atoms with Crippen molar-refractivity contribution in [2.75, 3.05) is 12.4 Å². The van der Waals surface area contributed by atoms with E-state index in [1.54, 1.807) is 6.92 Å². The maximum atomic E-state index is 10.6. The molecule has 48 valence electrons. The molecule has 1 saturated heterocycles. The first-order chi connectivity index (χ1) is 3.63. The van der Waals surface area contributed by atoms with E-state index in [4.69, 9.17) is 4.74 Å². The molecule has 8 heavy (non-hydrogen) atoms. The van der Waals surface area contributed by atoms with E-state index in [0.717, 1.165) is 0 Å². The summed E-state index contributed by atoms with van der Waals surface area (Å²) in [5, 5.41) is 0. The van der Waals surface area contributed by atoms with Crippen LogP contribution in [0.4, 0.5) is 0 Å². The van der Waals surface area contributed by atoms with Crippen molar-refractivity contribution >= 4 is 9.84 Å². The van der Waals surface area contributed by atoms with E-state index >= 15 is 0 Å². The molecule has 4 heteroatoms. The molecule has 1 unspecified atom stereocenters. The largest absolute Gasteiger partial charge is 0.362 e. The van der Waals surface area contributed by atoms with E-state index in [-0.39, 0.29) is 5.75 Å². The van der Waals surface area contributed by atoms with Gasteiger partial charge in [0, 0.05) is 0 Å². The second-order valence-corrected chi connectivity index (χ2v) is 4.20. The third-order valence-corrected chi connectivity index (χ3v) is 3.11. The van der Waals surface area contributed by atoms with Crippen LogP contribution in [0, 0.1) is 0 Å². The molecule has 0 N–H and O–H groups in total. The summed E-state index contributed by atoms with van der Waals surface area (Å²) >= 11 is 0. The zero-order chi connectivity index (χ0) is 6.20. The molecule has 0 bridgehead atoms. The predicted molar refractivity (Wildman–Crippen MR) is 29.2 cm³/mol. The number of hydrogen-bond acceptors (Lipinski definition) is 3. The van der Waals surface area contributed by atoms with Gasteiger partial charge in [-0.25, -0.2) is 8.42 Å². The smallest absolute Gasteiger partial charge is 0.179 e. The van der Waals surface area contributed by atoms with Crippen LogP contribution < -0.4 is 0 Å². The molecule has 1 aliphatic rings. The van der Waals surface area contributed by atoms with Crippen LogP contribution in [0.15, 0.2) is 0 Å². The average Bonchev–Trinajstić information content (AvgIpc) is 1.86. The van der Waals surface area contributed by atoms with Crippen LogP contribution in [0.3, 0.4) is 0 Å². The first-order valence-electron chi connectivity index (χ1n) is 2.46.